The number of carbonyl (C=O) groups excluding carboxylic acids is 1. The Morgan fingerprint density at radius 2 is 2.17 bits per heavy atom. The van der Waals surface area contributed by atoms with Crippen molar-refractivity contribution in [1.29, 1.82) is 0 Å². The highest BCUT2D eigenvalue weighted by molar-refractivity contribution is 5.96. The third kappa shape index (κ3) is 2.60. The van der Waals surface area contributed by atoms with Gasteiger partial charge in [-0.2, -0.15) is 5.10 Å². The van der Waals surface area contributed by atoms with Crippen molar-refractivity contribution in [3.8, 4) is 0 Å². The van der Waals surface area contributed by atoms with Crippen molar-refractivity contribution >= 4 is 5.78 Å². The van der Waals surface area contributed by atoms with Gasteiger partial charge in [0.1, 0.15) is 5.69 Å². The number of halogens is 2. The van der Waals surface area contributed by atoms with Crippen LogP contribution in [0.3, 0.4) is 0 Å². The van der Waals surface area contributed by atoms with Gasteiger partial charge in [0.05, 0.1) is 5.54 Å². The first-order chi connectivity index (χ1) is 8.19. The van der Waals surface area contributed by atoms with Crippen LogP contribution < -0.4 is 0 Å². The fourth-order valence-corrected chi connectivity index (χ4v) is 2.21. The third-order valence-corrected chi connectivity index (χ3v) is 3.30. The SMILES string of the molecule is CC(C)(C)n1ccc(C(=O)C2CCC(F)(F)C2)n1. The Morgan fingerprint density at radius 1 is 1.50 bits per heavy atom. The van der Waals surface area contributed by atoms with Gasteiger partial charge in [-0.05, 0) is 33.3 Å². The Labute approximate surface area is 105 Å². The van der Waals surface area contributed by atoms with Crippen LogP contribution in [0.1, 0.15) is 50.5 Å². The number of aromatic nitrogens is 2. The molecule has 1 fully saturated rings. The van der Waals surface area contributed by atoms with Gasteiger partial charge in [-0.15, -0.1) is 0 Å². The first-order valence-corrected chi connectivity index (χ1v) is 6.17. The van der Waals surface area contributed by atoms with Gasteiger partial charge in [0, 0.05) is 25.0 Å². The lowest BCUT2D eigenvalue weighted by molar-refractivity contribution is 0.00526. The molecule has 1 saturated carbocycles. The number of Topliss-reactive ketones (excluding diaryl/α,β-unsaturated/α-hetero) is 1. The molecule has 0 radical (unpaired) electrons. The number of alkyl halides is 2. The van der Waals surface area contributed by atoms with E-state index >= 15 is 0 Å². The van der Waals surface area contributed by atoms with Gasteiger partial charge in [-0.3, -0.25) is 9.48 Å². The zero-order valence-corrected chi connectivity index (χ0v) is 10.9. The van der Waals surface area contributed by atoms with Gasteiger partial charge in [-0.1, -0.05) is 0 Å². The van der Waals surface area contributed by atoms with Gasteiger partial charge in [0.25, 0.3) is 0 Å². The predicted octanol–water partition coefficient (Wildman–Crippen LogP) is 3.26. The molecule has 0 saturated heterocycles. The molecule has 18 heavy (non-hydrogen) atoms. The standard InChI is InChI=1S/C13H18F2N2O/c1-12(2,3)17-7-5-10(16-17)11(18)9-4-6-13(14,15)8-9/h5,7,9H,4,6,8H2,1-3H3. The predicted molar refractivity (Wildman–Crippen MR) is 63.8 cm³/mol. The molecule has 0 bridgehead atoms. The van der Waals surface area contributed by atoms with E-state index in [1.807, 2.05) is 20.8 Å². The lowest BCUT2D eigenvalue weighted by Crippen LogP contribution is -2.23. The smallest absolute Gasteiger partial charge is 0.248 e. The summed E-state index contributed by atoms with van der Waals surface area (Å²) in [5.74, 6) is -3.52. The van der Waals surface area contributed by atoms with E-state index in [-0.39, 0.29) is 30.6 Å². The molecule has 0 N–H and O–H groups in total. The molecule has 2 rings (SSSR count). The maximum Gasteiger partial charge on any atom is 0.248 e. The van der Waals surface area contributed by atoms with Gasteiger partial charge in [0.2, 0.25) is 5.92 Å². The Hall–Kier alpha value is -1.26. The van der Waals surface area contributed by atoms with E-state index in [4.69, 9.17) is 0 Å². The molecule has 0 amide bonds. The molecule has 3 nitrogen and oxygen atoms in total. The number of rotatable bonds is 2. The summed E-state index contributed by atoms with van der Waals surface area (Å²) in [5.41, 5.74) is 0.0886. The van der Waals surface area contributed by atoms with Crippen LogP contribution in [0.25, 0.3) is 0 Å². The molecule has 1 atom stereocenters. The fraction of sp³-hybridized carbons (Fsp3) is 0.692. The van der Waals surface area contributed by atoms with E-state index in [2.05, 4.69) is 5.10 Å². The molecular formula is C13H18F2N2O. The lowest BCUT2D eigenvalue weighted by atomic mass is 10.0. The Balaban J connectivity index is 2.13. The summed E-state index contributed by atoms with van der Waals surface area (Å²) in [4.78, 5) is 12.1. The maximum absolute atomic E-state index is 13.1. The van der Waals surface area contributed by atoms with Gasteiger partial charge in [0.15, 0.2) is 5.78 Å². The number of carbonyl (C=O) groups is 1. The average molecular weight is 256 g/mol. The second kappa shape index (κ2) is 4.14. The Kier molecular flexibility index (Phi) is 3.03. The molecule has 0 aromatic carbocycles. The lowest BCUT2D eigenvalue weighted by Gasteiger charge is -2.18. The molecule has 1 aromatic heterocycles. The van der Waals surface area contributed by atoms with Gasteiger partial charge >= 0.3 is 0 Å². The van der Waals surface area contributed by atoms with Crippen molar-refractivity contribution in [3.05, 3.63) is 18.0 Å². The van der Waals surface area contributed by atoms with Crippen molar-refractivity contribution in [2.24, 2.45) is 5.92 Å². The van der Waals surface area contributed by atoms with Crippen molar-refractivity contribution in [3.63, 3.8) is 0 Å². The summed E-state index contributed by atoms with van der Waals surface area (Å²) < 4.78 is 27.9. The highest BCUT2D eigenvalue weighted by atomic mass is 19.3. The maximum atomic E-state index is 13.1. The van der Waals surface area contributed by atoms with Crippen LogP contribution in [0, 0.1) is 5.92 Å². The first kappa shape index (κ1) is 13.2. The molecule has 0 spiro atoms. The van der Waals surface area contributed by atoms with Crippen molar-refractivity contribution in [1.82, 2.24) is 9.78 Å². The normalized spacial score (nSPS) is 23.3. The van der Waals surface area contributed by atoms with E-state index in [1.165, 1.54) is 0 Å². The molecule has 1 aliphatic rings. The fourth-order valence-electron chi connectivity index (χ4n) is 2.21. The molecule has 1 aliphatic carbocycles. The second-order valence-corrected chi connectivity index (χ2v) is 5.98. The zero-order valence-electron chi connectivity index (χ0n) is 10.9. The molecule has 1 aromatic rings. The van der Waals surface area contributed by atoms with Crippen molar-refractivity contribution in [2.75, 3.05) is 0 Å². The summed E-state index contributed by atoms with van der Waals surface area (Å²) in [7, 11) is 0. The number of ketones is 1. The van der Waals surface area contributed by atoms with Crippen LogP contribution in [-0.2, 0) is 5.54 Å². The Bertz CT molecular complexity index is 460. The minimum absolute atomic E-state index is 0.191. The monoisotopic (exact) mass is 256 g/mol. The van der Waals surface area contributed by atoms with E-state index in [0.717, 1.165) is 0 Å². The highest BCUT2D eigenvalue weighted by Gasteiger charge is 2.43. The zero-order chi connectivity index (χ0) is 13.6. The summed E-state index contributed by atoms with van der Waals surface area (Å²) in [6, 6.07) is 1.62. The minimum atomic E-state index is -2.69. The molecule has 1 unspecified atom stereocenters. The van der Waals surface area contributed by atoms with Gasteiger partial charge in [-0.25, -0.2) is 8.78 Å². The first-order valence-electron chi connectivity index (χ1n) is 6.17. The van der Waals surface area contributed by atoms with Crippen LogP contribution in [0.2, 0.25) is 0 Å². The molecule has 1 heterocycles. The third-order valence-electron chi connectivity index (χ3n) is 3.30. The Morgan fingerprint density at radius 3 is 2.61 bits per heavy atom. The van der Waals surface area contributed by atoms with E-state index in [0.29, 0.717) is 5.69 Å². The van der Waals surface area contributed by atoms with Crippen LogP contribution in [0.15, 0.2) is 12.3 Å². The molecule has 0 aliphatic heterocycles. The topological polar surface area (TPSA) is 34.9 Å². The number of hydrogen-bond donors (Lipinski definition) is 0. The highest BCUT2D eigenvalue weighted by Crippen LogP contribution is 2.40. The second-order valence-electron chi connectivity index (χ2n) is 5.98. The van der Waals surface area contributed by atoms with Crippen LogP contribution in [0.5, 0.6) is 0 Å². The van der Waals surface area contributed by atoms with Gasteiger partial charge < -0.3 is 0 Å². The summed E-state index contributed by atoms with van der Waals surface area (Å²) >= 11 is 0. The summed E-state index contributed by atoms with van der Waals surface area (Å²) in [6.45, 7) is 5.91. The van der Waals surface area contributed by atoms with Crippen LogP contribution in [0.4, 0.5) is 8.78 Å². The van der Waals surface area contributed by atoms with E-state index in [1.54, 1.807) is 16.9 Å². The van der Waals surface area contributed by atoms with E-state index < -0.39 is 11.8 Å². The van der Waals surface area contributed by atoms with Crippen molar-refractivity contribution in [2.45, 2.75) is 51.5 Å². The quantitative estimate of drug-likeness (QED) is 0.761. The number of nitrogens with zero attached hydrogens (tertiary/aromatic N) is 2. The largest absolute Gasteiger partial charge is 0.292 e. The molecular weight excluding hydrogens is 238 g/mol. The summed E-state index contributed by atoms with van der Waals surface area (Å²) in [5, 5.41) is 4.20. The number of hydrogen-bond acceptors (Lipinski definition) is 2. The minimum Gasteiger partial charge on any atom is -0.292 e. The summed E-state index contributed by atoms with van der Waals surface area (Å²) in [6.07, 6.45) is 1.45. The molecule has 100 valence electrons. The average Bonchev–Trinajstić information content (AvgIpc) is 2.82. The molecule has 5 heteroatoms. The van der Waals surface area contributed by atoms with Crippen LogP contribution in [-0.4, -0.2) is 21.5 Å². The van der Waals surface area contributed by atoms with E-state index in [9.17, 15) is 13.6 Å². The van der Waals surface area contributed by atoms with Crippen LogP contribution >= 0.6 is 0 Å². The van der Waals surface area contributed by atoms with Crippen molar-refractivity contribution < 1.29 is 13.6 Å².